The highest BCUT2D eigenvalue weighted by atomic mass is 16.7. The number of rotatable bonds is 5. The van der Waals surface area contributed by atoms with Crippen molar-refractivity contribution in [1.29, 1.82) is 0 Å². The summed E-state index contributed by atoms with van der Waals surface area (Å²) in [5.41, 5.74) is -0.582. The molecule has 0 aromatic heterocycles. The summed E-state index contributed by atoms with van der Waals surface area (Å²) in [6.07, 6.45) is -0.337. The van der Waals surface area contributed by atoms with Crippen LogP contribution in [-0.2, 0) is 14.2 Å². The van der Waals surface area contributed by atoms with Gasteiger partial charge in [0.05, 0.1) is 18.6 Å². The SMILES string of the molecule is COC(=O)c1cccc(OCC2COC(C)(C)O2)c1[N+](=O)[O-]. The second-order valence-corrected chi connectivity index (χ2v) is 5.16. The summed E-state index contributed by atoms with van der Waals surface area (Å²) < 4.78 is 20.9. The summed E-state index contributed by atoms with van der Waals surface area (Å²) in [5.74, 6) is -1.51. The Morgan fingerprint density at radius 3 is 2.77 bits per heavy atom. The monoisotopic (exact) mass is 311 g/mol. The van der Waals surface area contributed by atoms with Gasteiger partial charge in [-0.15, -0.1) is 0 Å². The predicted octanol–water partition coefficient (Wildman–Crippen LogP) is 1.91. The van der Waals surface area contributed by atoms with Gasteiger partial charge in [0, 0.05) is 0 Å². The highest BCUT2D eigenvalue weighted by Gasteiger charge is 2.34. The molecule has 1 aliphatic rings. The molecule has 22 heavy (non-hydrogen) atoms. The molecule has 1 saturated heterocycles. The lowest BCUT2D eigenvalue weighted by molar-refractivity contribution is -0.386. The maximum absolute atomic E-state index is 11.6. The highest BCUT2D eigenvalue weighted by molar-refractivity contribution is 5.95. The Hall–Kier alpha value is -2.19. The van der Waals surface area contributed by atoms with Crippen LogP contribution in [0.2, 0.25) is 0 Å². The van der Waals surface area contributed by atoms with Crippen LogP contribution in [0.25, 0.3) is 0 Å². The van der Waals surface area contributed by atoms with Gasteiger partial charge in [-0.1, -0.05) is 6.07 Å². The molecule has 1 atom stereocenters. The Kier molecular flexibility index (Phi) is 4.62. The van der Waals surface area contributed by atoms with Gasteiger partial charge >= 0.3 is 11.7 Å². The van der Waals surface area contributed by atoms with Crippen LogP contribution in [0.4, 0.5) is 5.69 Å². The van der Waals surface area contributed by atoms with Gasteiger partial charge in [-0.3, -0.25) is 10.1 Å². The van der Waals surface area contributed by atoms with E-state index in [4.69, 9.17) is 14.2 Å². The van der Waals surface area contributed by atoms with Crippen molar-refractivity contribution in [2.45, 2.75) is 25.7 Å². The summed E-state index contributed by atoms with van der Waals surface area (Å²) in [6, 6.07) is 4.23. The van der Waals surface area contributed by atoms with Gasteiger partial charge in [0.15, 0.2) is 11.5 Å². The smallest absolute Gasteiger partial charge is 0.345 e. The normalized spacial score (nSPS) is 19.7. The molecule has 1 heterocycles. The summed E-state index contributed by atoms with van der Waals surface area (Å²) >= 11 is 0. The first-order valence-electron chi connectivity index (χ1n) is 6.64. The lowest BCUT2D eigenvalue weighted by atomic mass is 10.1. The Morgan fingerprint density at radius 2 is 2.23 bits per heavy atom. The van der Waals surface area contributed by atoms with Gasteiger partial charge in [0.2, 0.25) is 0 Å². The lowest BCUT2D eigenvalue weighted by Crippen LogP contribution is -2.25. The lowest BCUT2D eigenvalue weighted by Gasteiger charge is -2.17. The number of methoxy groups -OCH3 is 1. The number of nitro benzene ring substituents is 1. The van der Waals surface area contributed by atoms with Crippen LogP contribution < -0.4 is 4.74 Å². The first-order valence-corrected chi connectivity index (χ1v) is 6.64. The Labute approximate surface area is 127 Å². The number of carbonyl (C=O) groups is 1. The Bertz CT molecular complexity index is 585. The van der Waals surface area contributed by atoms with Crippen LogP contribution in [0.3, 0.4) is 0 Å². The zero-order chi connectivity index (χ0) is 16.3. The van der Waals surface area contributed by atoms with E-state index in [1.165, 1.54) is 18.2 Å². The average Bonchev–Trinajstić information content (AvgIpc) is 2.82. The number of carbonyl (C=O) groups excluding carboxylic acids is 1. The number of esters is 1. The summed E-state index contributed by atoms with van der Waals surface area (Å²) in [6.45, 7) is 3.95. The second-order valence-electron chi connectivity index (χ2n) is 5.16. The molecule has 0 aliphatic carbocycles. The zero-order valence-corrected chi connectivity index (χ0v) is 12.5. The van der Waals surface area contributed by atoms with Crippen LogP contribution >= 0.6 is 0 Å². The fraction of sp³-hybridized carbons (Fsp3) is 0.500. The molecule has 0 saturated carbocycles. The van der Waals surface area contributed by atoms with Crippen molar-refractivity contribution in [3.8, 4) is 5.75 Å². The third-order valence-electron chi connectivity index (χ3n) is 3.08. The molecule has 120 valence electrons. The van der Waals surface area contributed by atoms with E-state index in [1.807, 2.05) is 0 Å². The molecule has 2 rings (SSSR count). The fourth-order valence-electron chi connectivity index (χ4n) is 2.13. The van der Waals surface area contributed by atoms with Gasteiger partial charge in [0.1, 0.15) is 18.3 Å². The van der Waals surface area contributed by atoms with Crippen LogP contribution in [0.5, 0.6) is 5.75 Å². The largest absolute Gasteiger partial charge is 0.484 e. The second kappa shape index (κ2) is 6.29. The highest BCUT2D eigenvalue weighted by Crippen LogP contribution is 2.32. The predicted molar refractivity (Wildman–Crippen MR) is 74.8 cm³/mol. The molecule has 8 nitrogen and oxygen atoms in total. The fourth-order valence-corrected chi connectivity index (χ4v) is 2.13. The van der Waals surface area contributed by atoms with Crippen molar-refractivity contribution in [3.05, 3.63) is 33.9 Å². The summed E-state index contributed by atoms with van der Waals surface area (Å²) in [4.78, 5) is 22.2. The minimum Gasteiger partial charge on any atom is -0.484 e. The number of ether oxygens (including phenoxy) is 4. The van der Waals surface area contributed by atoms with E-state index in [-0.39, 0.29) is 24.0 Å². The maximum atomic E-state index is 11.6. The third-order valence-corrected chi connectivity index (χ3v) is 3.08. The minimum absolute atomic E-state index is 0.0128. The van der Waals surface area contributed by atoms with Crippen molar-refractivity contribution in [2.75, 3.05) is 20.3 Å². The van der Waals surface area contributed by atoms with Gasteiger partial charge in [-0.2, -0.15) is 0 Å². The standard InChI is InChI=1S/C14H17NO7/c1-14(2)21-8-9(22-14)7-20-11-6-4-5-10(13(16)19-3)12(11)15(17)18/h4-6,9H,7-8H2,1-3H3. The van der Waals surface area contributed by atoms with E-state index in [1.54, 1.807) is 13.8 Å². The van der Waals surface area contributed by atoms with Crippen LogP contribution in [0, 0.1) is 10.1 Å². The van der Waals surface area contributed by atoms with Crippen molar-refractivity contribution < 1.29 is 28.7 Å². The molecular weight excluding hydrogens is 294 g/mol. The summed E-state index contributed by atoms with van der Waals surface area (Å²) in [7, 11) is 1.16. The van der Waals surface area contributed by atoms with Gasteiger partial charge in [-0.25, -0.2) is 4.79 Å². The Morgan fingerprint density at radius 1 is 1.50 bits per heavy atom. The quantitative estimate of drug-likeness (QED) is 0.465. The number of nitrogens with zero attached hydrogens (tertiary/aromatic N) is 1. The van der Waals surface area contributed by atoms with Crippen molar-refractivity contribution in [1.82, 2.24) is 0 Å². The molecule has 1 aromatic rings. The molecule has 0 bridgehead atoms. The maximum Gasteiger partial charge on any atom is 0.345 e. The number of nitro groups is 1. The molecule has 8 heteroatoms. The number of para-hydroxylation sites is 1. The van der Waals surface area contributed by atoms with Gasteiger partial charge < -0.3 is 18.9 Å². The topological polar surface area (TPSA) is 97.1 Å². The first kappa shape index (κ1) is 16.2. The van der Waals surface area contributed by atoms with E-state index >= 15 is 0 Å². The first-order chi connectivity index (χ1) is 10.3. The Balaban J connectivity index is 2.17. The molecule has 1 aromatic carbocycles. The minimum atomic E-state index is -0.793. The van der Waals surface area contributed by atoms with E-state index in [0.29, 0.717) is 6.61 Å². The van der Waals surface area contributed by atoms with Crippen molar-refractivity contribution >= 4 is 11.7 Å². The zero-order valence-electron chi connectivity index (χ0n) is 12.5. The van der Waals surface area contributed by atoms with Gasteiger partial charge in [-0.05, 0) is 26.0 Å². The van der Waals surface area contributed by atoms with Gasteiger partial charge in [0.25, 0.3) is 0 Å². The van der Waals surface area contributed by atoms with Crippen molar-refractivity contribution in [3.63, 3.8) is 0 Å². The van der Waals surface area contributed by atoms with Crippen LogP contribution in [-0.4, -0.2) is 43.1 Å². The number of hydrogen-bond donors (Lipinski definition) is 0. The molecule has 1 aliphatic heterocycles. The molecule has 1 fully saturated rings. The molecular formula is C14H17NO7. The van der Waals surface area contributed by atoms with E-state index in [0.717, 1.165) is 7.11 Å². The van der Waals surface area contributed by atoms with Crippen LogP contribution in [0.1, 0.15) is 24.2 Å². The molecule has 0 amide bonds. The van der Waals surface area contributed by atoms with E-state index in [9.17, 15) is 14.9 Å². The average molecular weight is 311 g/mol. The van der Waals surface area contributed by atoms with Crippen LogP contribution in [0.15, 0.2) is 18.2 Å². The third kappa shape index (κ3) is 3.52. The summed E-state index contributed by atoms with van der Waals surface area (Å²) in [5, 5.41) is 11.2. The van der Waals surface area contributed by atoms with E-state index < -0.39 is 22.4 Å². The number of benzene rings is 1. The molecule has 0 N–H and O–H groups in total. The molecule has 1 unspecified atom stereocenters. The molecule has 0 radical (unpaired) electrons. The van der Waals surface area contributed by atoms with Crippen molar-refractivity contribution in [2.24, 2.45) is 0 Å². The molecule has 0 spiro atoms. The number of hydrogen-bond acceptors (Lipinski definition) is 7. The van der Waals surface area contributed by atoms with E-state index in [2.05, 4.69) is 4.74 Å².